The van der Waals surface area contributed by atoms with Crippen molar-refractivity contribution in [1.29, 1.82) is 0 Å². The molecule has 0 aliphatic rings. The van der Waals surface area contributed by atoms with Crippen LogP contribution in [0.5, 0.6) is 0 Å². The number of hydrogen-bond donors (Lipinski definition) is 1. The van der Waals surface area contributed by atoms with E-state index in [1.165, 1.54) is 36.1 Å². The van der Waals surface area contributed by atoms with Crippen molar-refractivity contribution in [3.63, 3.8) is 0 Å². The molecular formula is C19H34N2. The molecule has 1 atom stereocenters. The lowest BCUT2D eigenvalue weighted by Gasteiger charge is -2.24. The lowest BCUT2D eigenvalue weighted by molar-refractivity contribution is 0.290. The molecule has 120 valence electrons. The van der Waals surface area contributed by atoms with E-state index in [1.807, 2.05) is 0 Å². The van der Waals surface area contributed by atoms with Crippen LogP contribution in [0.1, 0.15) is 56.3 Å². The molecule has 21 heavy (non-hydrogen) atoms. The van der Waals surface area contributed by atoms with Crippen LogP contribution in [-0.2, 0) is 0 Å². The molecule has 0 spiro atoms. The minimum absolute atomic E-state index is 0.468. The van der Waals surface area contributed by atoms with E-state index in [2.05, 4.69) is 70.1 Å². The Hall–Kier alpha value is -0.860. The van der Waals surface area contributed by atoms with Crippen molar-refractivity contribution < 1.29 is 0 Å². The van der Waals surface area contributed by atoms with Crippen molar-refractivity contribution in [1.82, 2.24) is 10.2 Å². The molecule has 0 aromatic heterocycles. The fourth-order valence-electron chi connectivity index (χ4n) is 2.78. The molecule has 0 heterocycles. The minimum atomic E-state index is 0.468. The monoisotopic (exact) mass is 290 g/mol. The Bertz CT molecular complexity index is 392. The third kappa shape index (κ3) is 7.10. The van der Waals surface area contributed by atoms with E-state index in [-0.39, 0.29) is 0 Å². The van der Waals surface area contributed by atoms with Gasteiger partial charge in [0, 0.05) is 6.04 Å². The van der Waals surface area contributed by atoms with Gasteiger partial charge < -0.3 is 10.2 Å². The summed E-state index contributed by atoms with van der Waals surface area (Å²) >= 11 is 0. The molecule has 0 saturated heterocycles. The molecule has 1 unspecified atom stereocenters. The van der Waals surface area contributed by atoms with Crippen LogP contribution in [0, 0.1) is 19.8 Å². The number of benzene rings is 1. The van der Waals surface area contributed by atoms with Gasteiger partial charge in [-0.15, -0.1) is 0 Å². The Morgan fingerprint density at radius 2 is 1.57 bits per heavy atom. The highest BCUT2D eigenvalue weighted by atomic mass is 15.1. The first kappa shape index (κ1) is 18.2. The quantitative estimate of drug-likeness (QED) is 0.728. The molecule has 1 rings (SSSR count). The second-order valence-corrected chi connectivity index (χ2v) is 6.81. The van der Waals surface area contributed by atoms with Crippen molar-refractivity contribution in [3.05, 3.63) is 34.9 Å². The Labute approximate surface area is 131 Å². The van der Waals surface area contributed by atoms with Gasteiger partial charge in [0.15, 0.2) is 0 Å². The van der Waals surface area contributed by atoms with E-state index < -0.39 is 0 Å². The fourth-order valence-corrected chi connectivity index (χ4v) is 2.78. The highest BCUT2D eigenvalue weighted by Crippen LogP contribution is 2.20. The average molecular weight is 290 g/mol. The summed E-state index contributed by atoms with van der Waals surface area (Å²) in [5.41, 5.74) is 4.16. The van der Waals surface area contributed by atoms with Crippen molar-refractivity contribution in [3.8, 4) is 0 Å². The van der Waals surface area contributed by atoms with Crippen LogP contribution in [0.4, 0.5) is 0 Å². The van der Waals surface area contributed by atoms with Gasteiger partial charge in [0.2, 0.25) is 0 Å². The molecule has 1 aromatic carbocycles. The first-order chi connectivity index (χ1) is 9.92. The van der Waals surface area contributed by atoms with Gasteiger partial charge in [-0.1, -0.05) is 50.1 Å². The van der Waals surface area contributed by atoms with Crippen LogP contribution in [0.2, 0.25) is 0 Å². The van der Waals surface area contributed by atoms with Crippen LogP contribution < -0.4 is 5.32 Å². The number of aryl methyl sites for hydroxylation is 2. The molecule has 0 aliphatic carbocycles. The van der Waals surface area contributed by atoms with E-state index >= 15 is 0 Å². The lowest BCUT2D eigenvalue weighted by atomic mass is 9.99. The summed E-state index contributed by atoms with van der Waals surface area (Å²) in [5.74, 6) is 0.788. The summed E-state index contributed by atoms with van der Waals surface area (Å²) in [4.78, 5) is 2.47. The smallest absolute Gasteiger partial charge is 0.0332 e. The third-order valence-electron chi connectivity index (χ3n) is 3.98. The molecule has 2 nitrogen and oxygen atoms in total. The summed E-state index contributed by atoms with van der Waals surface area (Å²) in [5, 5.41) is 3.65. The largest absolute Gasteiger partial charge is 0.310 e. The summed E-state index contributed by atoms with van der Waals surface area (Å²) in [7, 11) is 2.24. The zero-order valence-corrected chi connectivity index (χ0v) is 14.9. The summed E-state index contributed by atoms with van der Waals surface area (Å²) < 4.78 is 0. The number of nitrogens with zero attached hydrogens (tertiary/aromatic N) is 1. The predicted molar refractivity (Wildman–Crippen MR) is 93.9 cm³/mol. The second-order valence-electron chi connectivity index (χ2n) is 6.81. The maximum atomic E-state index is 3.65. The standard InChI is InChI=1S/C19H34N2/c1-7-20-19(9-11-21(6)10-8-15(2)3)18-13-16(4)12-17(5)14-18/h12-15,19-20H,7-11H2,1-6H3. The van der Waals surface area contributed by atoms with Gasteiger partial charge in [-0.25, -0.2) is 0 Å². The molecule has 1 N–H and O–H groups in total. The van der Waals surface area contributed by atoms with Gasteiger partial charge in [0.25, 0.3) is 0 Å². The van der Waals surface area contributed by atoms with Crippen LogP contribution >= 0.6 is 0 Å². The second kappa shape index (κ2) is 9.22. The maximum Gasteiger partial charge on any atom is 0.0332 e. The Morgan fingerprint density at radius 1 is 1.00 bits per heavy atom. The summed E-state index contributed by atoms with van der Waals surface area (Å²) in [6.45, 7) is 14.5. The molecular weight excluding hydrogens is 256 g/mol. The third-order valence-corrected chi connectivity index (χ3v) is 3.98. The number of nitrogens with one attached hydrogen (secondary N) is 1. The van der Waals surface area contributed by atoms with Gasteiger partial charge in [0.1, 0.15) is 0 Å². The molecule has 1 aromatic rings. The van der Waals surface area contributed by atoms with Gasteiger partial charge >= 0.3 is 0 Å². The summed E-state index contributed by atoms with van der Waals surface area (Å²) in [6.07, 6.45) is 2.46. The van der Waals surface area contributed by atoms with Crippen molar-refractivity contribution in [2.45, 2.75) is 53.5 Å². The molecule has 0 amide bonds. The van der Waals surface area contributed by atoms with Crippen LogP contribution in [0.25, 0.3) is 0 Å². The van der Waals surface area contributed by atoms with E-state index in [0.717, 1.165) is 19.0 Å². The Balaban J connectivity index is 2.60. The van der Waals surface area contributed by atoms with E-state index in [9.17, 15) is 0 Å². The Morgan fingerprint density at radius 3 is 2.10 bits per heavy atom. The predicted octanol–water partition coefficient (Wildman–Crippen LogP) is 4.32. The van der Waals surface area contributed by atoms with E-state index in [0.29, 0.717) is 6.04 Å². The maximum absolute atomic E-state index is 3.65. The lowest BCUT2D eigenvalue weighted by Crippen LogP contribution is -2.28. The van der Waals surface area contributed by atoms with Crippen LogP contribution in [-0.4, -0.2) is 31.6 Å². The topological polar surface area (TPSA) is 15.3 Å². The first-order valence-corrected chi connectivity index (χ1v) is 8.42. The minimum Gasteiger partial charge on any atom is -0.310 e. The molecule has 0 radical (unpaired) electrons. The van der Waals surface area contributed by atoms with Crippen molar-refractivity contribution >= 4 is 0 Å². The Kier molecular flexibility index (Phi) is 7.98. The molecule has 0 fully saturated rings. The average Bonchev–Trinajstić information content (AvgIpc) is 2.40. The highest BCUT2D eigenvalue weighted by Gasteiger charge is 2.12. The van der Waals surface area contributed by atoms with Crippen LogP contribution in [0.3, 0.4) is 0 Å². The van der Waals surface area contributed by atoms with Crippen LogP contribution in [0.15, 0.2) is 18.2 Å². The van der Waals surface area contributed by atoms with Gasteiger partial charge in [-0.3, -0.25) is 0 Å². The fraction of sp³-hybridized carbons (Fsp3) is 0.684. The van der Waals surface area contributed by atoms with Gasteiger partial charge in [-0.05, 0) is 64.9 Å². The SMILES string of the molecule is CCNC(CCN(C)CCC(C)C)c1cc(C)cc(C)c1. The zero-order valence-electron chi connectivity index (χ0n) is 14.9. The molecule has 2 heteroatoms. The van der Waals surface area contributed by atoms with Crippen molar-refractivity contribution in [2.24, 2.45) is 5.92 Å². The van der Waals surface area contributed by atoms with Crippen molar-refractivity contribution in [2.75, 3.05) is 26.7 Å². The highest BCUT2D eigenvalue weighted by molar-refractivity contribution is 5.30. The normalized spacial score (nSPS) is 13.1. The zero-order chi connectivity index (χ0) is 15.8. The summed E-state index contributed by atoms with van der Waals surface area (Å²) in [6, 6.07) is 7.37. The molecule has 0 aliphatic heterocycles. The molecule has 0 bridgehead atoms. The molecule has 0 saturated carbocycles. The van der Waals surface area contributed by atoms with Gasteiger partial charge in [0.05, 0.1) is 0 Å². The van der Waals surface area contributed by atoms with E-state index in [4.69, 9.17) is 0 Å². The van der Waals surface area contributed by atoms with Gasteiger partial charge in [-0.2, -0.15) is 0 Å². The number of hydrogen-bond acceptors (Lipinski definition) is 2. The van der Waals surface area contributed by atoms with E-state index in [1.54, 1.807) is 0 Å². The first-order valence-electron chi connectivity index (χ1n) is 8.42. The number of rotatable bonds is 9.